The first kappa shape index (κ1) is 16.6. The second kappa shape index (κ2) is 7.11. The summed E-state index contributed by atoms with van der Waals surface area (Å²) in [6, 6.07) is 6.19. The van der Waals surface area contributed by atoms with E-state index in [-0.39, 0.29) is 19.4 Å². The molecule has 1 N–H and O–H groups in total. The molecule has 1 fully saturated rings. The van der Waals surface area contributed by atoms with Gasteiger partial charge in [0, 0.05) is 14.8 Å². The van der Waals surface area contributed by atoms with Gasteiger partial charge < -0.3 is 14.6 Å². The highest BCUT2D eigenvalue weighted by Crippen LogP contribution is 2.30. The molecule has 1 aromatic carbocycles. The van der Waals surface area contributed by atoms with Gasteiger partial charge in [0.05, 0.1) is 6.10 Å². The van der Waals surface area contributed by atoms with E-state index in [2.05, 4.69) is 0 Å². The minimum Gasteiger partial charge on any atom is -0.490 e. The monoisotopic (exact) mass is 336 g/mol. The van der Waals surface area contributed by atoms with Crippen molar-refractivity contribution in [1.82, 2.24) is 4.90 Å². The summed E-state index contributed by atoms with van der Waals surface area (Å²) < 4.78 is 18.4. The molecule has 1 atom stereocenters. The molecule has 1 saturated carbocycles. The summed E-state index contributed by atoms with van der Waals surface area (Å²) in [7, 11) is 1.39. The van der Waals surface area contributed by atoms with Gasteiger partial charge in [0.2, 0.25) is 0 Å². The fraction of sp³-hybridized carbons (Fsp3) is 0.556. The quantitative estimate of drug-likeness (QED) is 0.864. The highest BCUT2D eigenvalue weighted by atomic mass is 16.6. The number of aliphatic carboxylic acids is 1. The Hall–Kier alpha value is -2.24. The second-order valence-electron chi connectivity index (χ2n) is 6.72. The Morgan fingerprint density at radius 1 is 1.42 bits per heavy atom. The van der Waals surface area contributed by atoms with Gasteiger partial charge in [-0.2, -0.15) is 0 Å². The van der Waals surface area contributed by atoms with Crippen LogP contribution >= 0.6 is 0 Å². The summed E-state index contributed by atoms with van der Waals surface area (Å²) in [6.45, 7) is 3.11. The standard InChI is InChI=1S/C18H25NO5/c1-18(2,3)24-17(22)19(4)14(16(20)21)11-12-7-5-6-8-15(12)23-13-9-10-13/h5-8,13-14H,9-11H2,1-4H3,(H,20,21)/t14-/m0/s1/i1D. The van der Waals surface area contributed by atoms with Crippen molar-refractivity contribution in [3.8, 4) is 5.75 Å². The lowest BCUT2D eigenvalue weighted by atomic mass is 10.0. The number of nitrogens with zero attached hydrogens (tertiary/aromatic N) is 1. The van der Waals surface area contributed by atoms with Crippen LogP contribution in [0, 0.1) is 0 Å². The van der Waals surface area contributed by atoms with Crippen LogP contribution in [0.25, 0.3) is 0 Å². The molecular formula is C18H25NO5. The van der Waals surface area contributed by atoms with Gasteiger partial charge >= 0.3 is 12.1 Å². The number of para-hydroxylation sites is 1. The summed E-state index contributed by atoms with van der Waals surface area (Å²) in [5.74, 6) is -0.464. The predicted octanol–water partition coefficient (Wildman–Crippen LogP) is 3.09. The summed E-state index contributed by atoms with van der Waals surface area (Å²) in [5, 5.41) is 9.57. The van der Waals surface area contributed by atoms with Crippen LogP contribution in [0.3, 0.4) is 0 Å². The van der Waals surface area contributed by atoms with Crippen LogP contribution in [0.4, 0.5) is 4.79 Å². The van der Waals surface area contributed by atoms with Crippen molar-refractivity contribution in [3.63, 3.8) is 0 Å². The van der Waals surface area contributed by atoms with E-state index in [9.17, 15) is 14.7 Å². The van der Waals surface area contributed by atoms with Crippen molar-refractivity contribution in [3.05, 3.63) is 29.8 Å². The summed E-state index contributed by atoms with van der Waals surface area (Å²) in [6.07, 6.45) is 1.57. The van der Waals surface area contributed by atoms with Crippen molar-refractivity contribution >= 4 is 12.1 Å². The number of carboxylic acids is 1. The Morgan fingerprint density at radius 2 is 2.08 bits per heavy atom. The van der Waals surface area contributed by atoms with E-state index in [1.165, 1.54) is 7.05 Å². The average Bonchev–Trinajstić information content (AvgIpc) is 3.36. The minimum atomic E-state index is -1.12. The average molecular weight is 336 g/mol. The number of likely N-dealkylation sites (N-methyl/N-ethyl adjacent to an activating group) is 1. The lowest BCUT2D eigenvalue weighted by Gasteiger charge is -2.29. The lowest BCUT2D eigenvalue weighted by molar-refractivity contribution is -0.142. The van der Waals surface area contributed by atoms with Crippen LogP contribution in [0.15, 0.2) is 24.3 Å². The normalized spacial score (nSPS) is 16.0. The Labute approximate surface area is 143 Å². The van der Waals surface area contributed by atoms with E-state index < -0.39 is 23.7 Å². The minimum absolute atomic E-state index is 0.109. The lowest BCUT2D eigenvalue weighted by Crippen LogP contribution is -2.46. The van der Waals surface area contributed by atoms with Gasteiger partial charge in [-0.3, -0.25) is 4.90 Å². The number of hydrogen-bond acceptors (Lipinski definition) is 4. The van der Waals surface area contributed by atoms with Crippen molar-refractivity contribution in [2.45, 2.75) is 57.8 Å². The molecule has 0 radical (unpaired) electrons. The summed E-state index contributed by atoms with van der Waals surface area (Å²) in [5.41, 5.74) is -0.234. The van der Waals surface area contributed by atoms with Crippen LogP contribution in [0.1, 0.15) is 40.5 Å². The number of carboxylic acid groups (broad SMARTS) is 1. The summed E-state index contributed by atoms with van der Waals surface area (Å²) >= 11 is 0. The maximum Gasteiger partial charge on any atom is 0.410 e. The number of ether oxygens (including phenoxy) is 2. The fourth-order valence-corrected chi connectivity index (χ4v) is 2.19. The second-order valence-corrected chi connectivity index (χ2v) is 6.72. The Bertz CT molecular complexity index is 630. The fourth-order valence-electron chi connectivity index (χ4n) is 2.19. The first-order valence-corrected chi connectivity index (χ1v) is 7.96. The number of carbonyl (C=O) groups excluding carboxylic acids is 1. The van der Waals surface area contributed by atoms with E-state index in [4.69, 9.17) is 10.8 Å². The zero-order valence-electron chi connectivity index (χ0n) is 15.3. The van der Waals surface area contributed by atoms with Gasteiger partial charge in [-0.1, -0.05) is 18.2 Å². The van der Waals surface area contributed by atoms with Crippen LogP contribution in [0.2, 0.25) is 0 Å². The molecule has 0 unspecified atom stereocenters. The van der Waals surface area contributed by atoms with Gasteiger partial charge in [0.1, 0.15) is 17.4 Å². The van der Waals surface area contributed by atoms with Crippen LogP contribution in [0.5, 0.6) is 5.75 Å². The number of hydrogen-bond donors (Lipinski definition) is 1. The molecule has 0 heterocycles. The van der Waals surface area contributed by atoms with Gasteiger partial charge in [-0.25, -0.2) is 9.59 Å². The molecular weight excluding hydrogens is 310 g/mol. The van der Waals surface area contributed by atoms with E-state index >= 15 is 0 Å². The first-order valence-electron chi connectivity index (χ1n) is 8.66. The van der Waals surface area contributed by atoms with Gasteiger partial charge in [-0.15, -0.1) is 0 Å². The molecule has 0 aromatic heterocycles. The third kappa shape index (κ3) is 5.15. The Morgan fingerprint density at radius 3 is 2.67 bits per heavy atom. The molecule has 1 aliphatic carbocycles. The third-order valence-electron chi connectivity index (χ3n) is 3.61. The predicted molar refractivity (Wildman–Crippen MR) is 89.2 cm³/mol. The van der Waals surface area contributed by atoms with E-state index in [0.29, 0.717) is 5.75 Å². The van der Waals surface area contributed by atoms with E-state index in [0.717, 1.165) is 23.3 Å². The van der Waals surface area contributed by atoms with Gasteiger partial charge in [-0.05, 0) is 45.2 Å². The maximum absolute atomic E-state index is 12.3. The third-order valence-corrected chi connectivity index (χ3v) is 3.61. The highest BCUT2D eigenvalue weighted by molar-refractivity contribution is 5.80. The zero-order valence-corrected chi connectivity index (χ0v) is 14.3. The largest absolute Gasteiger partial charge is 0.490 e. The number of amides is 1. The zero-order chi connectivity index (χ0) is 18.6. The Balaban J connectivity index is 2.13. The molecule has 2 rings (SSSR count). The van der Waals surface area contributed by atoms with E-state index in [1.54, 1.807) is 19.9 Å². The Kier molecular flexibility index (Phi) is 4.92. The molecule has 24 heavy (non-hydrogen) atoms. The topological polar surface area (TPSA) is 76.1 Å². The SMILES string of the molecule is [2H]CC(C)(C)OC(=O)N(C)[C@@H](Cc1ccccc1OC1CC1)C(=O)O. The molecule has 132 valence electrons. The highest BCUT2D eigenvalue weighted by Gasteiger charge is 2.31. The van der Waals surface area contributed by atoms with Crippen LogP contribution in [-0.2, 0) is 16.0 Å². The van der Waals surface area contributed by atoms with Gasteiger partial charge in [0.25, 0.3) is 0 Å². The molecule has 0 saturated heterocycles. The molecule has 0 bridgehead atoms. The van der Waals surface area contributed by atoms with Crippen LogP contribution in [-0.4, -0.2) is 46.9 Å². The van der Waals surface area contributed by atoms with E-state index in [1.807, 2.05) is 18.2 Å². The van der Waals surface area contributed by atoms with Crippen molar-refractivity contribution in [2.75, 3.05) is 7.05 Å². The first-order chi connectivity index (χ1) is 11.7. The molecule has 1 amide bonds. The van der Waals surface area contributed by atoms with Crippen molar-refractivity contribution in [2.24, 2.45) is 0 Å². The molecule has 0 spiro atoms. The van der Waals surface area contributed by atoms with Crippen LogP contribution < -0.4 is 4.74 Å². The van der Waals surface area contributed by atoms with Gasteiger partial charge in [0.15, 0.2) is 0 Å². The number of rotatable bonds is 6. The molecule has 6 nitrogen and oxygen atoms in total. The maximum atomic E-state index is 12.3. The molecule has 6 heteroatoms. The molecule has 0 aliphatic heterocycles. The number of carbonyl (C=O) groups is 2. The summed E-state index contributed by atoms with van der Waals surface area (Å²) in [4.78, 5) is 25.0. The molecule has 1 aliphatic rings. The molecule has 1 aromatic rings. The van der Waals surface area contributed by atoms with Crippen molar-refractivity contribution in [1.29, 1.82) is 0 Å². The smallest absolute Gasteiger partial charge is 0.410 e. The van der Waals surface area contributed by atoms with Crippen molar-refractivity contribution < 1.29 is 25.5 Å². The number of benzene rings is 1.